The SMILES string of the molecule is CC(=O)CCc1cc2c(c([NH+]([O-])O)c1)CCC(C)N2C(=O)c1ccc([NH+]([O-])O)cc1. The van der Waals surface area contributed by atoms with Crippen molar-refractivity contribution < 1.29 is 30.5 Å². The van der Waals surface area contributed by atoms with Crippen LogP contribution in [0.5, 0.6) is 0 Å². The highest BCUT2D eigenvalue weighted by molar-refractivity contribution is 6.07. The Labute approximate surface area is 173 Å². The first-order valence-corrected chi connectivity index (χ1v) is 9.74. The Kier molecular flexibility index (Phi) is 6.61. The summed E-state index contributed by atoms with van der Waals surface area (Å²) in [7, 11) is 0. The predicted octanol–water partition coefficient (Wildman–Crippen LogP) is 0.997. The normalized spacial score (nSPS) is 17.9. The van der Waals surface area contributed by atoms with Crippen molar-refractivity contribution >= 4 is 28.8 Å². The Balaban J connectivity index is 2.04. The summed E-state index contributed by atoms with van der Waals surface area (Å²) in [5.41, 5.74) is 2.39. The lowest BCUT2D eigenvalue weighted by atomic mass is 9.91. The number of amides is 1. The molecule has 0 bridgehead atoms. The molecule has 3 unspecified atom stereocenters. The first-order chi connectivity index (χ1) is 14.2. The first kappa shape index (κ1) is 22.0. The molecule has 2 aromatic rings. The van der Waals surface area contributed by atoms with Gasteiger partial charge in [0, 0.05) is 41.8 Å². The molecule has 1 aliphatic heterocycles. The number of aryl methyl sites for hydroxylation is 1. The van der Waals surface area contributed by atoms with E-state index in [1.807, 2.05) is 6.92 Å². The molecule has 2 aromatic carbocycles. The molecule has 0 aromatic heterocycles. The second-order valence-corrected chi connectivity index (χ2v) is 7.59. The summed E-state index contributed by atoms with van der Waals surface area (Å²) in [6.45, 7) is 3.38. The van der Waals surface area contributed by atoms with Crippen LogP contribution in [-0.2, 0) is 17.6 Å². The van der Waals surface area contributed by atoms with E-state index in [1.165, 1.54) is 31.2 Å². The summed E-state index contributed by atoms with van der Waals surface area (Å²) in [5, 5.41) is 39.6. The van der Waals surface area contributed by atoms with Crippen molar-refractivity contribution in [1.29, 1.82) is 0 Å². The molecule has 1 aliphatic rings. The van der Waals surface area contributed by atoms with Crippen LogP contribution >= 0.6 is 0 Å². The number of hydrogen-bond acceptors (Lipinski definition) is 6. The van der Waals surface area contributed by atoms with Gasteiger partial charge in [0.1, 0.15) is 5.78 Å². The van der Waals surface area contributed by atoms with E-state index in [0.717, 1.165) is 0 Å². The van der Waals surface area contributed by atoms with Gasteiger partial charge in [-0.2, -0.15) is 10.5 Å². The van der Waals surface area contributed by atoms with Crippen LogP contribution in [-0.4, -0.2) is 28.1 Å². The summed E-state index contributed by atoms with van der Waals surface area (Å²) >= 11 is 0. The van der Waals surface area contributed by atoms with Gasteiger partial charge in [-0.15, -0.1) is 0 Å². The smallest absolute Gasteiger partial charge is 0.258 e. The highest BCUT2D eigenvalue weighted by Gasteiger charge is 2.32. The van der Waals surface area contributed by atoms with E-state index >= 15 is 0 Å². The fraction of sp³-hybridized carbons (Fsp3) is 0.333. The van der Waals surface area contributed by atoms with Gasteiger partial charge in [-0.25, -0.2) is 10.4 Å². The molecule has 0 radical (unpaired) electrons. The molecule has 0 spiro atoms. The first-order valence-electron chi connectivity index (χ1n) is 9.74. The van der Waals surface area contributed by atoms with Gasteiger partial charge < -0.3 is 20.1 Å². The molecule has 9 heteroatoms. The second kappa shape index (κ2) is 9.00. The minimum atomic E-state index is -1.08. The van der Waals surface area contributed by atoms with Crippen molar-refractivity contribution in [1.82, 2.24) is 0 Å². The van der Waals surface area contributed by atoms with Crippen molar-refractivity contribution in [3.63, 3.8) is 0 Å². The standard InChI is InChI=1S/C21H25N3O6/c1-13-3-10-18-19(11-15(5-4-14(2)25)12-20(18)24(29)30)22(13)21(26)16-6-8-17(9-7-16)23(27)28/h6-9,11-13,23-24,27,29H,3-5,10H2,1-2H3. The molecule has 1 heterocycles. The molecule has 0 saturated carbocycles. The van der Waals surface area contributed by atoms with Gasteiger partial charge in [-0.3, -0.25) is 4.79 Å². The Morgan fingerprint density at radius 1 is 1.13 bits per heavy atom. The third-order valence-electron chi connectivity index (χ3n) is 5.39. The summed E-state index contributed by atoms with van der Waals surface area (Å²) in [5.74, 6) is -0.315. The van der Waals surface area contributed by atoms with Crippen LogP contribution in [0, 0.1) is 10.4 Å². The van der Waals surface area contributed by atoms with E-state index in [1.54, 1.807) is 17.0 Å². The monoisotopic (exact) mass is 415 g/mol. The Hall–Kier alpha value is -2.66. The highest BCUT2D eigenvalue weighted by Crippen LogP contribution is 2.37. The number of carbonyl (C=O) groups excluding carboxylic acids is 2. The second-order valence-electron chi connectivity index (χ2n) is 7.59. The Morgan fingerprint density at radius 3 is 2.37 bits per heavy atom. The maximum absolute atomic E-state index is 13.3. The van der Waals surface area contributed by atoms with Crippen molar-refractivity contribution in [3.05, 3.63) is 63.5 Å². The molecule has 1 amide bonds. The topological polar surface area (TPSA) is 133 Å². The number of hydrogen-bond donors (Lipinski definition) is 4. The number of nitrogens with one attached hydrogen (secondary N) is 2. The molecule has 3 atom stereocenters. The van der Waals surface area contributed by atoms with Gasteiger partial charge in [0.2, 0.25) is 0 Å². The summed E-state index contributed by atoms with van der Waals surface area (Å²) < 4.78 is 0. The average molecular weight is 415 g/mol. The van der Waals surface area contributed by atoms with Gasteiger partial charge >= 0.3 is 0 Å². The van der Waals surface area contributed by atoms with E-state index < -0.39 is 10.5 Å². The van der Waals surface area contributed by atoms with E-state index in [9.17, 15) is 25.2 Å². The van der Waals surface area contributed by atoms with E-state index in [-0.39, 0.29) is 35.5 Å². The Morgan fingerprint density at radius 2 is 1.80 bits per heavy atom. The number of rotatable bonds is 6. The minimum Gasteiger partial charge on any atom is -0.595 e. The number of quaternary nitrogens is 2. The number of benzene rings is 2. The van der Waals surface area contributed by atoms with Crippen LogP contribution < -0.4 is 15.4 Å². The van der Waals surface area contributed by atoms with E-state index in [4.69, 9.17) is 5.21 Å². The lowest BCUT2D eigenvalue weighted by Gasteiger charge is -2.36. The molecular formula is C21H25N3O6. The van der Waals surface area contributed by atoms with Crippen molar-refractivity contribution in [3.8, 4) is 0 Å². The van der Waals surface area contributed by atoms with Crippen LogP contribution in [0.15, 0.2) is 36.4 Å². The summed E-state index contributed by atoms with van der Waals surface area (Å²) in [6.07, 6.45) is 1.83. The molecule has 160 valence electrons. The molecule has 0 aliphatic carbocycles. The molecule has 4 N–H and O–H groups in total. The van der Waals surface area contributed by atoms with E-state index in [2.05, 4.69) is 0 Å². The third-order valence-corrected chi connectivity index (χ3v) is 5.39. The maximum atomic E-state index is 13.3. The number of nitrogens with zero attached hydrogens (tertiary/aromatic N) is 1. The molecule has 0 fully saturated rings. The fourth-order valence-corrected chi connectivity index (χ4v) is 3.77. The number of Topliss-reactive ketones (excluding diaryl/α,β-unsaturated/α-hetero) is 1. The zero-order valence-corrected chi connectivity index (χ0v) is 16.8. The maximum Gasteiger partial charge on any atom is 0.258 e. The fourth-order valence-electron chi connectivity index (χ4n) is 3.77. The lowest BCUT2D eigenvalue weighted by molar-refractivity contribution is -0.991. The zero-order valence-electron chi connectivity index (χ0n) is 16.8. The largest absolute Gasteiger partial charge is 0.595 e. The Bertz CT molecular complexity index is 943. The number of ketones is 1. The third kappa shape index (κ3) is 4.57. The molecule has 0 saturated heterocycles. The van der Waals surface area contributed by atoms with Gasteiger partial charge in [0.05, 0.1) is 5.69 Å². The molecule has 3 rings (SSSR count). The van der Waals surface area contributed by atoms with Crippen molar-refractivity contribution in [2.75, 3.05) is 4.90 Å². The number of fused-ring (bicyclic) bond motifs is 1. The van der Waals surface area contributed by atoms with Crippen LogP contribution in [0.1, 0.15) is 48.2 Å². The van der Waals surface area contributed by atoms with Gasteiger partial charge in [0.15, 0.2) is 11.4 Å². The molecular weight excluding hydrogens is 390 g/mol. The molecule has 30 heavy (non-hydrogen) atoms. The molecule has 9 nitrogen and oxygen atoms in total. The van der Waals surface area contributed by atoms with Gasteiger partial charge in [-0.1, -0.05) is 0 Å². The van der Waals surface area contributed by atoms with Crippen molar-refractivity contribution in [2.24, 2.45) is 0 Å². The van der Waals surface area contributed by atoms with Crippen LogP contribution in [0.4, 0.5) is 17.1 Å². The predicted molar refractivity (Wildman–Crippen MR) is 108 cm³/mol. The van der Waals surface area contributed by atoms with Gasteiger partial charge in [-0.05, 0) is 56.9 Å². The van der Waals surface area contributed by atoms with E-state index in [0.29, 0.717) is 41.6 Å². The minimum absolute atomic E-state index is 0.00409. The summed E-state index contributed by atoms with van der Waals surface area (Å²) in [6, 6.07) is 8.89. The number of anilines is 1. The van der Waals surface area contributed by atoms with Gasteiger partial charge in [0.25, 0.3) is 5.91 Å². The average Bonchev–Trinajstić information content (AvgIpc) is 2.71. The van der Waals surface area contributed by atoms with Crippen molar-refractivity contribution in [2.45, 2.75) is 45.6 Å². The van der Waals surface area contributed by atoms with Crippen LogP contribution in [0.25, 0.3) is 0 Å². The quantitative estimate of drug-likeness (QED) is 0.520. The number of carbonyl (C=O) groups is 2. The lowest BCUT2D eigenvalue weighted by Crippen LogP contribution is -2.99. The zero-order chi connectivity index (χ0) is 22.0. The van der Waals surface area contributed by atoms with Crippen LogP contribution in [0.3, 0.4) is 0 Å². The van der Waals surface area contributed by atoms with Crippen LogP contribution in [0.2, 0.25) is 0 Å². The summed E-state index contributed by atoms with van der Waals surface area (Å²) in [4.78, 5) is 26.3. The highest BCUT2D eigenvalue weighted by atomic mass is 16.8.